The second-order valence-corrected chi connectivity index (χ2v) is 2.59. The minimum absolute atomic E-state index is 0.269. The van der Waals surface area contributed by atoms with E-state index in [1.165, 1.54) is 0 Å². The van der Waals surface area contributed by atoms with Crippen LogP contribution in [0.3, 0.4) is 0 Å². The fourth-order valence-electron chi connectivity index (χ4n) is 1.18. The molecule has 1 aromatic carbocycles. The van der Waals surface area contributed by atoms with Gasteiger partial charge in [-0.25, -0.2) is 4.98 Å². The monoisotopic (exact) mass is 173 g/mol. The van der Waals surface area contributed by atoms with Gasteiger partial charge in [0.2, 0.25) is 0 Å². The maximum atomic E-state index is 8.12. The van der Waals surface area contributed by atoms with E-state index in [1.807, 2.05) is 24.3 Å². The Labute approximate surface area is 74.0 Å². The maximum Gasteiger partial charge on any atom is 0.113 e. The average Bonchev–Trinajstić information content (AvgIpc) is 2.57. The molecule has 0 radical (unpaired) electrons. The van der Waals surface area contributed by atoms with E-state index in [2.05, 4.69) is 20.0 Å². The summed E-state index contributed by atoms with van der Waals surface area (Å²) < 4.78 is 0. The smallest absolute Gasteiger partial charge is 0.113 e. The third kappa shape index (κ3) is 1.45. The summed E-state index contributed by atoms with van der Waals surface area (Å²) in [5, 5.41) is 3.42. The van der Waals surface area contributed by atoms with Crippen molar-refractivity contribution in [2.24, 2.45) is 5.11 Å². The maximum absolute atomic E-state index is 8.12. The van der Waals surface area contributed by atoms with Gasteiger partial charge in [0.05, 0.1) is 17.6 Å². The van der Waals surface area contributed by atoms with Crippen molar-refractivity contribution in [3.8, 4) is 0 Å². The highest BCUT2D eigenvalue weighted by atomic mass is 15.1. The van der Waals surface area contributed by atoms with E-state index < -0.39 is 0 Å². The second-order valence-electron chi connectivity index (χ2n) is 2.59. The van der Waals surface area contributed by atoms with Crippen LogP contribution in [0.4, 0.5) is 0 Å². The molecule has 1 aromatic heterocycles. The molecule has 13 heavy (non-hydrogen) atoms. The first-order valence-electron chi connectivity index (χ1n) is 3.84. The summed E-state index contributed by atoms with van der Waals surface area (Å²) >= 11 is 0. The highest BCUT2D eigenvalue weighted by Gasteiger charge is 1.98. The Bertz CT molecular complexity index is 433. The van der Waals surface area contributed by atoms with Gasteiger partial charge in [-0.1, -0.05) is 17.2 Å². The van der Waals surface area contributed by atoms with Crippen molar-refractivity contribution in [1.29, 1.82) is 0 Å². The number of aromatic amines is 1. The molecule has 64 valence electrons. The lowest BCUT2D eigenvalue weighted by Gasteiger charge is -1.82. The van der Waals surface area contributed by atoms with Crippen molar-refractivity contribution < 1.29 is 0 Å². The van der Waals surface area contributed by atoms with Crippen LogP contribution in [0.1, 0.15) is 5.82 Å². The largest absolute Gasteiger partial charge is 0.342 e. The highest BCUT2D eigenvalue weighted by molar-refractivity contribution is 5.74. The van der Waals surface area contributed by atoms with E-state index in [0.717, 1.165) is 11.0 Å². The molecule has 0 atom stereocenters. The van der Waals surface area contributed by atoms with Crippen LogP contribution in [-0.2, 0) is 6.54 Å². The Balaban J connectivity index is 2.43. The summed E-state index contributed by atoms with van der Waals surface area (Å²) in [7, 11) is 0. The van der Waals surface area contributed by atoms with Crippen molar-refractivity contribution in [3.05, 3.63) is 40.5 Å². The third-order valence-electron chi connectivity index (χ3n) is 1.72. The van der Waals surface area contributed by atoms with Gasteiger partial charge in [-0.2, -0.15) is 0 Å². The number of nitrogens with zero attached hydrogens (tertiary/aromatic N) is 4. The highest BCUT2D eigenvalue weighted by Crippen LogP contribution is 2.10. The van der Waals surface area contributed by atoms with Gasteiger partial charge in [0.15, 0.2) is 0 Å². The topological polar surface area (TPSA) is 77.4 Å². The molecule has 0 spiro atoms. The Kier molecular flexibility index (Phi) is 1.86. The Morgan fingerprint density at radius 3 is 3.08 bits per heavy atom. The summed E-state index contributed by atoms with van der Waals surface area (Å²) in [6.07, 6.45) is 0. The summed E-state index contributed by atoms with van der Waals surface area (Å²) in [6.45, 7) is 0.269. The molecule has 1 heterocycles. The molecule has 0 saturated carbocycles. The van der Waals surface area contributed by atoms with Gasteiger partial charge < -0.3 is 4.98 Å². The lowest BCUT2D eigenvalue weighted by Crippen LogP contribution is -1.81. The average molecular weight is 173 g/mol. The number of benzene rings is 1. The molecule has 0 aliphatic heterocycles. The van der Waals surface area contributed by atoms with E-state index in [-0.39, 0.29) is 6.54 Å². The lowest BCUT2D eigenvalue weighted by atomic mass is 10.3. The van der Waals surface area contributed by atoms with Crippen molar-refractivity contribution in [3.63, 3.8) is 0 Å². The molecule has 1 N–H and O–H groups in total. The third-order valence-corrected chi connectivity index (χ3v) is 1.72. The summed E-state index contributed by atoms with van der Waals surface area (Å²) in [6, 6.07) is 7.69. The van der Waals surface area contributed by atoms with E-state index in [1.54, 1.807) is 0 Å². The first-order chi connectivity index (χ1) is 6.40. The van der Waals surface area contributed by atoms with Crippen molar-refractivity contribution in [1.82, 2.24) is 9.97 Å². The van der Waals surface area contributed by atoms with Gasteiger partial charge in [-0.05, 0) is 17.7 Å². The van der Waals surface area contributed by atoms with Crippen LogP contribution in [0.5, 0.6) is 0 Å². The van der Waals surface area contributed by atoms with Crippen molar-refractivity contribution in [2.45, 2.75) is 6.54 Å². The van der Waals surface area contributed by atoms with Crippen molar-refractivity contribution >= 4 is 11.0 Å². The zero-order chi connectivity index (χ0) is 9.10. The molecule has 0 amide bonds. The van der Waals surface area contributed by atoms with Gasteiger partial charge in [-0.3, -0.25) is 0 Å². The normalized spacial score (nSPS) is 9.85. The molecule has 0 aliphatic carbocycles. The molecule has 2 rings (SSSR count). The van der Waals surface area contributed by atoms with Crippen LogP contribution >= 0.6 is 0 Å². The number of nitrogens with one attached hydrogen (secondary N) is 1. The van der Waals surface area contributed by atoms with Gasteiger partial charge in [0, 0.05) is 4.91 Å². The molecule has 0 bridgehead atoms. The molecule has 0 unspecified atom stereocenters. The summed E-state index contributed by atoms with van der Waals surface area (Å²) in [5.74, 6) is 0.694. The van der Waals surface area contributed by atoms with Crippen molar-refractivity contribution in [2.75, 3.05) is 0 Å². The Morgan fingerprint density at radius 2 is 2.31 bits per heavy atom. The van der Waals surface area contributed by atoms with Gasteiger partial charge in [-0.15, -0.1) is 0 Å². The number of imidazole rings is 1. The summed E-state index contributed by atoms with van der Waals surface area (Å²) in [5.41, 5.74) is 9.98. The van der Waals surface area contributed by atoms with Crippen LogP contribution in [0.2, 0.25) is 0 Å². The standard InChI is InChI=1S/C8H7N5/c9-13-10-5-8-11-6-3-1-2-4-7(6)12-8/h1-4H,5H2,(H,11,12). The fourth-order valence-corrected chi connectivity index (χ4v) is 1.18. The van der Waals surface area contributed by atoms with Crippen LogP contribution in [0, 0.1) is 0 Å². The quantitative estimate of drug-likeness (QED) is 0.422. The number of azide groups is 1. The predicted molar refractivity (Wildman–Crippen MR) is 48.9 cm³/mol. The number of H-pyrrole nitrogens is 1. The summed E-state index contributed by atoms with van der Waals surface area (Å²) in [4.78, 5) is 9.95. The van der Waals surface area contributed by atoms with Crippen LogP contribution in [0.25, 0.3) is 21.5 Å². The molecule has 2 aromatic rings. The zero-order valence-electron chi connectivity index (χ0n) is 6.81. The molecule has 5 nitrogen and oxygen atoms in total. The predicted octanol–water partition coefficient (Wildman–Crippen LogP) is 2.37. The molecule has 5 heteroatoms. The number of rotatable bonds is 2. The molecule has 0 aliphatic rings. The van der Waals surface area contributed by atoms with E-state index in [0.29, 0.717) is 5.82 Å². The number of fused-ring (bicyclic) bond motifs is 1. The zero-order valence-corrected chi connectivity index (χ0v) is 6.81. The Hall–Kier alpha value is -2.00. The minimum Gasteiger partial charge on any atom is -0.342 e. The molecule has 0 fully saturated rings. The molecular formula is C8H7N5. The molecular weight excluding hydrogens is 166 g/mol. The van der Waals surface area contributed by atoms with Crippen LogP contribution < -0.4 is 0 Å². The Morgan fingerprint density at radius 1 is 1.46 bits per heavy atom. The first-order valence-corrected chi connectivity index (χ1v) is 3.84. The fraction of sp³-hybridized carbons (Fsp3) is 0.125. The minimum atomic E-state index is 0.269. The SMILES string of the molecule is [N-]=[N+]=NCc1nc2ccccc2[nH]1. The first kappa shape index (κ1) is 7.64. The van der Waals surface area contributed by atoms with Gasteiger partial charge in [0.25, 0.3) is 0 Å². The number of para-hydroxylation sites is 2. The van der Waals surface area contributed by atoms with Gasteiger partial charge >= 0.3 is 0 Å². The number of hydrogen-bond donors (Lipinski definition) is 1. The molecule has 0 saturated heterocycles. The van der Waals surface area contributed by atoms with Crippen LogP contribution in [-0.4, -0.2) is 9.97 Å². The van der Waals surface area contributed by atoms with E-state index in [4.69, 9.17) is 5.53 Å². The van der Waals surface area contributed by atoms with Gasteiger partial charge in [0.1, 0.15) is 5.82 Å². The number of aromatic nitrogens is 2. The lowest BCUT2D eigenvalue weighted by molar-refractivity contribution is 0.946. The number of hydrogen-bond acceptors (Lipinski definition) is 2. The van der Waals surface area contributed by atoms with Crippen LogP contribution in [0.15, 0.2) is 29.4 Å². The second kappa shape index (κ2) is 3.16. The van der Waals surface area contributed by atoms with E-state index >= 15 is 0 Å². The van der Waals surface area contributed by atoms with E-state index in [9.17, 15) is 0 Å².